The molecule has 0 unspecified atom stereocenters. The lowest BCUT2D eigenvalue weighted by Crippen LogP contribution is -2.17. The number of aromatic nitrogens is 2. The Labute approximate surface area is 74.8 Å². The van der Waals surface area contributed by atoms with Gasteiger partial charge in [-0.15, -0.1) is 0 Å². The summed E-state index contributed by atoms with van der Waals surface area (Å²) in [7, 11) is 1.56. The van der Waals surface area contributed by atoms with Gasteiger partial charge in [0.25, 0.3) is 0 Å². The highest BCUT2D eigenvalue weighted by molar-refractivity contribution is 5.74. The fourth-order valence-corrected chi connectivity index (χ4v) is 1.36. The summed E-state index contributed by atoms with van der Waals surface area (Å²) < 4.78 is 6.47. The molecule has 0 saturated carbocycles. The third-order valence-electron chi connectivity index (χ3n) is 1.94. The number of methoxy groups -OCH3 is 1. The predicted molar refractivity (Wildman–Crippen MR) is 49.6 cm³/mol. The molecule has 0 amide bonds. The summed E-state index contributed by atoms with van der Waals surface area (Å²) in [5.74, 6) is 0. The maximum absolute atomic E-state index is 11.4. The smallest absolute Gasteiger partial charge is 0.328 e. The second kappa shape index (κ2) is 3.06. The summed E-state index contributed by atoms with van der Waals surface area (Å²) in [4.78, 5) is 14.1. The van der Waals surface area contributed by atoms with Crippen LogP contribution >= 0.6 is 0 Å². The highest BCUT2D eigenvalue weighted by Gasteiger charge is 2.03. The fourth-order valence-electron chi connectivity index (χ4n) is 1.36. The van der Waals surface area contributed by atoms with Crippen molar-refractivity contribution >= 4 is 11.0 Å². The van der Waals surface area contributed by atoms with Crippen molar-refractivity contribution in [1.82, 2.24) is 9.55 Å². The fraction of sp³-hybridized carbons (Fsp3) is 0.222. The summed E-state index contributed by atoms with van der Waals surface area (Å²) in [5.41, 5.74) is 1.57. The highest BCUT2D eigenvalue weighted by atomic mass is 16.5. The van der Waals surface area contributed by atoms with E-state index in [0.29, 0.717) is 0 Å². The number of nitrogens with zero attached hydrogens (tertiary/aromatic N) is 1. The third kappa shape index (κ3) is 1.25. The van der Waals surface area contributed by atoms with Crippen molar-refractivity contribution in [3.8, 4) is 0 Å². The van der Waals surface area contributed by atoms with Crippen LogP contribution in [-0.2, 0) is 11.5 Å². The molecule has 0 atom stereocenters. The van der Waals surface area contributed by atoms with Crippen LogP contribution in [0.25, 0.3) is 11.0 Å². The van der Waals surface area contributed by atoms with Gasteiger partial charge in [-0.1, -0.05) is 12.1 Å². The zero-order valence-electron chi connectivity index (χ0n) is 7.28. The molecule has 2 rings (SSSR count). The zero-order valence-corrected chi connectivity index (χ0v) is 7.28. The molecule has 1 heterocycles. The lowest BCUT2D eigenvalue weighted by molar-refractivity contribution is 0.132. The van der Waals surface area contributed by atoms with E-state index in [1.165, 1.54) is 0 Å². The van der Waals surface area contributed by atoms with E-state index < -0.39 is 0 Å². The molecule has 1 aromatic heterocycles. The van der Waals surface area contributed by atoms with E-state index in [1.807, 2.05) is 24.3 Å². The third-order valence-corrected chi connectivity index (χ3v) is 1.94. The summed E-state index contributed by atoms with van der Waals surface area (Å²) >= 11 is 0. The van der Waals surface area contributed by atoms with Crippen LogP contribution in [0.5, 0.6) is 0 Å². The molecule has 4 nitrogen and oxygen atoms in total. The average molecular weight is 178 g/mol. The van der Waals surface area contributed by atoms with Crippen molar-refractivity contribution in [3.05, 3.63) is 34.7 Å². The molecule has 0 aliphatic carbocycles. The number of imidazole rings is 1. The number of ether oxygens (including phenoxy) is 1. The molecule has 0 spiro atoms. The van der Waals surface area contributed by atoms with Gasteiger partial charge >= 0.3 is 5.69 Å². The Hall–Kier alpha value is -1.55. The number of fused-ring (bicyclic) bond motifs is 1. The summed E-state index contributed by atoms with van der Waals surface area (Å²) in [6, 6.07) is 7.52. The highest BCUT2D eigenvalue weighted by Crippen LogP contribution is 2.08. The summed E-state index contributed by atoms with van der Waals surface area (Å²) in [6.45, 7) is 0.281. The molecule has 1 aromatic carbocycles. The minimum absolute atomic E-state index is 0.136. The van der Waals surface area contributed by atoms with Gasteiger partial charge < -0.3 is 9.72 Å². The van der Waals surface area contributed by atoms with Crippen molar-refractivity contribution in [2.75, 3.05) is 7.11 Å². The molecule has 0 bridgehead atoms. The molecule has 0 radical (unpaired) electrons. The lowest BCUT2D eigenvalue weighted by Gasteiger charge is -1.99. The topological polar surface area (TPSA) is 47.0 Å². The summed E-state index contributed by atoms with van der Waals surface area (Å²) in [6.07, 6.45) is 0. The number of hydrogen-bond donors (Lipinski definition) is 1. The average Bonchev–Trinajstić information content (AvgIpc) is 2.44. The normalized spacial score (nSPS) is 10.8. The van der Waals surface area contributed by atoms with E-state index in [0.717, 1.165) is 11.0 Å². The minimum atomic E-state index is -0.136. The first-order chi connectivity index (χ1) is 6.33. The van der Waals surface area contributed by atoms with E-state index in [2.05, 4.69) is 4.98 Å². The van der Waals surface area contributed by atoms with Crippen molar-refractivity contribution in [1.29, 1.82) is 0 Å². The van der Waals surface area contributed by atoms with Gasteiger partial charge in [0.2, 0.25) is 0 Å². The van der Waals surface area contributed by atoms with Crippen LogP contribution in [0.15, 0.2) is 29.1 Å². The van der Waals surface area contributed by atoms with E-state index in [-0.39, 0.29) is 12.4 Å². The Balaban J connectivity index is 2.71. The van der Waals surface area contributed by atoms with Crippen molar-refractivity contribution in [3.63, 3.8) is 0 Å². The first kappa shape index (κ1) is 8.07. The van der Waals surface area contributed by atoms with Crippen molar-refractivity contribution in [2.24, 2.45) is 0 Å². The maximum atomic E-state index is 11.4. The number of hydrogen-bond acceptors (Lipinski definition) is 2. The van der Waals surface area contributed by atoms with Gasteiger partial charge in [-0.3, -0.25) is 4.57 Å². The monoisotopic (exact) mass is 178 g/mol. The quantitative estimate of drug-likeness (QED) is 0.743. The number of para-hydroxylation sites is 2. The Morgan fingerprint density at radius 2 is 2.23 bits per heavy atom. The molecule has 68 valence electrons. The molecule has 4 heteroatoms. The van der Waals surface area contributed by atoms with Crippen molar-refractivity contribution < 1.29 is 4.74 Å². The van der Waals surface area contributed by atoms with Gasteiger partial charge in [-0.05, 0) is 12.1 Å². The molecule has 0 aliphatic rings. The lowest BCUT2D eigenvalue weighted by atomic mass is 10.3. The van der Waals surface area contributed by atoms with Crippen molar-refractivity contribution in [2.45, 2.75) is 6.73 Å². The second-order valence-corrected chi connectivity index (χ2v) is 2.79. The van der Waals surface area contributed by atoms with Crippen LogP contribution in [0.4, 0.5) is 0 Å². The molecular weight excluding hydrogens is 168 g/mol. The predicted octanol–water partition coefficient (Wildman–Crippen LogP) is 0.933. The van der Waals surface area contributed by atoms with Gasteiger partial charge in [0.15, 0.2) is 0 Å². The number of benzene rings is 1. The van der Waals surface area contributed by atoms with E-state index in [9.17, 15) is 4.79 Å². The van der Waals surface area contributed by atoms with Crippen LogP contribution in [0.2, 0.25) is 0 Å². The first-order valence-corrected chi connectivity index (χ1v) is 3.99. The molecule has 0 saturated heterocycles. The molecular formula is C9H10N2O2. The van der Waals surface area contributed by atoms with E-state index in [4.69, 9.17) is 4.74 Å². The molecule has 2 aromatic rings. The van der Waals surface area contributed by atoms with Gasteiger partial charge in [0.05, 0.1) is 11.0 Å². The first-order valence-electron chi connectivity index (χ1n) is 3.99. The van der Waals surface area contributed by atoms with E-state index >= 15 is 0 Å². The largest absolute Gasteiger partial charge is 0.364 e. The molecule has 1 N–H and O–H groups in total. The SMILES string of the molecule is COCn1c(=O)[nH]c2ccccc21. The van der Waals surface area contributed by atoms with Crippen LogP contribution < -0.4 is 5.69 Å². The van der Waals surface area contributed by atoms with Crippen LogP contribution in [0.1, 0.15) is 0 Å². The minimum Gasteiger partial charge on any atom is -0.364 e. The molecule has 0 aliphatic heterocycles. The number of rotatable bonds is 2. The Kier molecular flexibility index (Phi) is 1.90. The van der Waals surface area contributed by atoms with Gasteiger partial charge in [-0.25, -0.2) is 4.79 Å². The second-order valence-electron chi connectivity index (χ2n) is 2.79. The zero-order chi connectivity index (χ0) is 9.26. The Bertz CT molecular complexity index is 470. The molecule has 13 heavy (non-hydrogen) atoms. The maximum Gasteiger partial charge on any atom is 0.328 e. The summed E-state index contributed by atoms with van der Waals surface area (Å²) in [5, 5.41) is 0. The van der Waals surface area contributed by atoms with Gasteiger partial charge in [0, 0.05) is 7.11 Å². The number of nitrogens with one attached hydrogen (secondary N) is 1. The van der Waals surface area contributed by atoms with Crippen LogP contribution in [-0.4, -0.2) is 16.7 Å². The number of H-pyrrole nitrogens is 1. The van der Waals surface area contributed by atoms with Crippen LogP contribution in [0, 0.1) is 0 Å². The Morgan fingerprint density at radius 1 is 1.46 bits per heavy atom. The Morgan fingerprint density at radius 3 is 3.00 bits per heavy atom. The van der Waals surface area contributed by atoms with E-state index in [1.54, 1.807) is 11.7 Å². The van der Waals surface area contributed by atoms with Gasteiger partial charge in [0.1, 0.15) is 6.73 Å². The number of aromatic amines is 1. The van der Waals surface area contributed by atoms with Gasteiger partial charge in [-0.2, -0.15) is 0 Å². The molecule has 0 fully saturated rings. The van der Waals surface area contributed by atoms with Crippen LogP contribution in [0.3, 0.4) is 0 Å². The standard InChI is InChI=1S/C9H10N2O2/c1-13-6-11-8-5-3-2-4-7(8)10-9(11)12/h2-5H,6H2,1H3,(H,10,12).